The molecule has 0 saturated heterocycles. The highest BCUT2D eigenvalue weighted by atomic mass is 35.5. The predicted octanol–water partition coefficient (Wildman–Crippen LogP) is 3.44. The Hall–Kier alpha value is -0.540. The third-order valence-electron chi connectivity index (χ3n) is 4.18. The van der Waals surface area contributed by atoms with Crippen molar-refractivity contribution in [3.63, 3.8) is 0 Å². The molecule has 3 nitrogen and oxygen atoms in total. The van der Waals surface area contributed by atoms with Crippen LogP contribution in [0.4, 0.5) is 0 Å². The topological polar surface area (TPSA) is 29.9 Å². The van der Waals surface area contributed by atoms with Gasteiger partial charge in [0.25, 0.3) is 0 Å². The maximum atomic E-state index is 6.43. The van der Waals surface area contributed by atoms with E-state index < -0.39 is 0 Å². The van der Waals surface area contributed by atoms with Gasteiger partial charge in [0.2, 0.25) is 0 Å². The lowest BCUT2D eigenvalue weighted by Gasteiger charge is -2.15. The van der Waals surface area contributed by atoms with E-state index in [9.17, 15) is 0 Å². The Morgan fingerprint density at radius 2 is 2.16 bits per heavy atom. The second-order valence-electron chi connectivity index (χ2n) is 5.50. The summed E-state index contributed by atoms with van der Waals surface area (Å²) in [6.07, 6.45) is 7.20. The lowest BCUT2D eigenvalue weighted by Crippen LogP contribution is -2.27. The largest absolute Gasteiger partial charge is 0.317 e. The lowest BCUT2D eigenvalue weighted by atomic mass is 10.0. The lowest BCUT2D eigenvalue weighted by molar-refractivity contribution is 0.452. The van der Waals surface area contributed by atoms with E-state index in [4.69, 9.17) is 11.6 Å². The minimum atomic E-state index is 0.697. The maximum Gasteiger partial charge on any atom is 0.0849 e. The molecule has 1 unspecified atom stereocenters. The number of aryl methyl sites for hydroxylation is 2. The summed E-state index contributed by atoms with van der Waals surface area (Å²) in [6.45, 7) is 5.15. The maximum absolute atomic E-state index is 6.43. The van der Waals surface area contributed by atoms with E-state index in [1.807, 2.05) is 0 Å². The van der Waals surface area contributed by atoms with Crippen molar-refractivity contribution < 1.29 is 0 Å². The highest BCUT2D eigenvalue weighted by Crippen LogP contribution is 2.34. The van der Waals surface area contributed by atoms with Crippen molar-refractivity contribution in [3.8, 4) is 0 Å². The first-order valence-electron chi connectivity index (χ1n) is 7.62. The Bertz CT molecular complexity index is 410. The molecule has 1 aliphatic rings. The highest BCUT2D eigenvalue weighted by molar-refractivity contribution is 6.31. The summed E-state index contributed by atoms with van der Waals surface area (Å²) in [7, 11) is 2.08. The monoisotopic (exact) mass is 283 g/mol. The predicted molar refractivity (Wildman–Crippen MR) is 80.8 cm³/mol. The van der Waals surface area contributed by atoms with Gasteiger partial charge in [-0.05, 0) is 58.4 Å². The van der Waals surface area contributed by atoms with Crippen LogP contribution in [0.3, 0.4) is 0 Å². The van der Waals surface area contributed by atoms with Crippen LogP contribution in [0.2, 0.25) is 5.02 Å². The quantitative estimate of drug-likeness (QED) is 0.792. The standard InChI is InChI=1S/C15H26ClN3/c1-4-12-15(16)14(19(5-2)18-12)8-6-7-13(17-3)11-9-10-11/h11,13,17H,4-10H2,1-3H3. The summed E-state index contributed by atoms with van der Waals surface area (Å²) in [6, 6.07) is 0.697. The van der Waals surface area contributed by atoms with Gasteiger partial charge in [-0.15, -0.1) is 0 Å². The number of nitrogens with one attached hydrogen (secondary N) is 1. The molecule has 108 valence electrons. The molecule has 4 heteroatoms. The second-order valence-corrected chi connectivity index (χ2v) is 5.88. The molecule has 0 aromatic carbocycles. The van der Waals surface area contributed by atoms with Crippen LogP contribution in [0, 0.1) is 5.92 Å². The summed E-state index contributed by atoms with van der Waals surface area (Å²) in [5, 5.41) is 8.94. The van der Waals surface area contributed by atoms with E-state index in [0.717, 1.165) is 36.0 Å². The highest BCUT2D eigenvalue weighted by Gasteiger charge is 2.29. The number of hydrogen-bond donors (Lipinski definition) is 1. The van der Waals surface area contributed by atoms with Crippen molar-refractivity contribution in [2.24, 2.45) is 5.92 Å². The zero-order valence-corrected chi connectivity index (χ0v) is 13.1. The molecule has 0 aliphatic heterocycles. The van der Waals surface area contributed by atoms with E-state index in [0.29, 0.717) is 6.04 Å². The molecule has 0 spiro atoms. The average molecular weight is 284 g/mol. The number of hydrogen-bond acceptors (Lipinski definition) is 2. The summed E-state index contributed by atoms with van der Waals surface area (Å²) in [5.41, 5.74) is 2.28. The molecule has 1 saturated carbocycles. The fourth-order valence-corrected chi connectivity index (χ4v) is 3.22. The zero-order valence-electron chi connectivity index (χ0n) is 12.4. The minimum absolute atomic E-state index is 0.697. The van der Waals surface area contributed by atoms with Crippen LogP contribution >= 0.6 is 11.6 Å². The third kappa shape index (κ3) is 3.51. The summed E-state index contributed by atoms with van der Waals surface area (Å²) < 4.78 is 2.08. The smallest absolute Gasteiger partial charge is 0.0849 e. The SMILES string of the molecule is CCc1nn(CC)c(CCCC(NC)C2CC2)c1Cl. The summed E-state index contributed by atoms with van der Waals surface area (Å²) >= 11 is 6.43. The van der Waals surface area contributed by atoms with Crippen molar-refractivity contribution in [3.05, 3.63) is 16.4 Å². The van der Waals surface area contributed by atoms with Crippen LogP contribution in [-0.4, -0.2) is 22.9 Å². The van der Waals surface area contributed by atoms with Gasteiger partial charge < -0.3 is 5.32 Å². The molecule has 0 bridgehead atoms. The number of nitrogens with zero attached hydrogens (tertiary/aromatic N) is 2. The molecular weight excluding hydrogens is 258 g/mol. The van der Waals surface area contributed by atoms with Gasteiger partial charge in [-0.25, -0.2) is 0 Å². The van der Waals surface area contributed by atoms with Gasteiger partial charge in [0, 0.05) is 12.6 Å². The second kappa shape index (κ2) is 6.76. The van der Waals surface area contributed by atoms with E-state index in [1.54, 1.807) is 0 Å². The summed E-state index contributed by atoms with van der Waals surface area (Å²) in [5.74, 6) is 0.919. The van der Waals surface area contributed by atoms with Crippen LogP contribution < -0.4 is 5.32 Å². The molecule has 0 amide bonds. The van der Waals surface area contributed by atoms with Gasteiger partial charge in [-0.2, -0.15) is 5.10 Å². The molecule has 1 aromatic heterocycles. The molecule has 1 atom stereocenters. The Morgan fingerprint density at radius 3 is 2.68 bits per heavy atom. The van der Waals surface area contributed by atoms with Gasteiger partial charge in [-0.3, -0.25) is 4.68 Å². The summed E-state index contributed by atoms with van der Waals surface area (Å²) in [4.78, 5) is 0. The molecule has 2 rings (SSSR count). The first-order valence-corrected chi connectivity index (χ1v) is 8.00. The van der Waals surface area contributed by atoms with Crippen molar-refractivity contribution in [2.45, 2.75) is 65.0 Å². The first-order chi connectivity index (χ1) is 9.21. The third-order valence-corrected chi connectivity index (χ3v) is 4.62. The molecule has 0 radical (unpaired) electrons. The van der Waals surface area contributed by atoms with E-state index in [1.165, 1.54) is 31.4 Å². The van der Waals surface area contributed by atoms with Crippen molar-refractivity contribution >= 4 is 11.6 Å². The first kappa shape index (κ1) is 14.9. The van der Waals surface area contributed by atoms with Crippen LogP contribution in [0.1, 0.15) is 50.9 Å². The average Bonchev–Trinajstić information content (AvgIpc) is 3.21. The fraction of sp³-hybridized carbons (Fsp3) is 0.800. The number of aromatic nitrogens is 2. The molecule has 1 aromatic rings. The normalized spacial score (nSPS) is 16.8. The zero-order chi connectivity index (χ0) is 13.8. The van der Waals surface area contributed by atoms with Crippen LogP contribution in [-0.2, 0) is 19.4 Å². The van der Waals surface area contributed by atoms with Gasteiger partial charge in [0.1, 0.15) is 0 Å². The fourth-order valence-electron chi connectivity index (χ4n) is 2.86. The van der Waals surface area contributed by atoms with Crippen molar-refractivity contribution in [1.82, 2.24) is 15.1 Å². The molecule has 1 aliphatic carbocycles. The Balaban J connectivity index is 1.92. The van der Waals surface area contributed by atoms with Gasteiger partial charge >= 0.3 is 0 Å². The molecule has 1 heterocycles. The van der Waals surface area contributed by atoms with Crippen molar-refractivity contribution in [2.75, 3.05) is 7.05 Å². The molecule has 1 N–H and O–H groups in total. The Morgan fingerprint density at radius 1 is 1.42 bits per heavy atom. The number of halogens is 1. The van der Waals surface area contributed by atoms with Crippen LogP contribution in [0.25, 0.3) is 0 Å². The Labute approximate surface area is 121 Å². The van der Waals surface area contributed by atoms with E-state index >= 15 is 0 Å². The molecule has 1 fully saturated rings. The Kier molecular flexibility index (Phi) is 5.28. The van der Waals surface area contributed by atoms with E-state index in [-0.39, 0.29) is 0 Å². The number of rotatable bonds is 8. The molecular formula is C15H26ClN3. The van der Waals surface area contributed by atoms with Gasteiger partial charge in [0.15, 0.2) is 0 Å². The van der Waals surface area contributed by atoms with E-state index in [2.05, 4.69) is 36.0 Å². The van der Waals surface area contributed by atoms with Crippen molar-refractivity contribution in [1.29, 1.82) is 0 Å². The molecule has 19 heavy (non-hydrogen) atoms. The van der Waals surface area contributed by atoms with Gasteiger partial charge in [-0.1, -0.05) is 18.5 Å². The van der Waals surface area contributed by atoms with Crippen LogP contribution in [0.15, 0.2) is 0 Å². The van der Waals surface area contributed by atoms with Crippen LogP contribution in [0.5, 0.6) is 0 Å². The van der Waals surface area contributed by atoms with Gasteiger partial charge in [0.05, 0.1) is 16.4 Å². The minimum Gasteiger partial charge on any atom is -0.317 e.